The number of benzene rings is 2. The molecular formula is C25H27ClN4O4. The van der Waals surface area contributed by atoms with Crippen LogP contribution < -0.4 is 14.8 Å². The number of nitrogens with zero attached hydrogens (tertiary/aromatic N) is 3. The highest BCUT2D eigenvalue weighted by molar-refractivity contribution is 6.31. The third kappa shape index (κ3) is 6.51. The van der Waals surface area contributed by atoms with Crippen LogP contribution in [0, 0.1) is 0 Å². The minimum absolute atomic E-state index is 0.0703. The van der Waals surface area contributed by atoms with E-state index in [1.54, 1.807) is 46.4 Å². The van der Waals surface area contributed by atoms with Gasteiger partial charge in [0.25, 0.3) is 0 Å². The van der Waals surface area contributed by atoms with E-state index in [9.17, 15) is 9.59 Å². The van der Waals surface area contributed by atoms with Gasteiger partial charge in [-0.3, -0.25) is 9.59 Å². The zero-order valence-corrected chi connectivity index (χ0v) is 19.5. The standard InChI is InChI=1S/C25H27ClN4O4/c26-19-9-10-21-20(15-19)28-24(31)16-30(25(32)17-29-13-11-27-18-29)12-5-1-2-6-14-33-22-7-3-4-8-23(22)34-21/h3-4,7-11,13,15,18H,1-2,5-6,12,14,16-17H2,(H,28,31). The molecule has 1 aromatic heterocycles. The van der Waals surface area contributed by atoms with Crippen molar-refractivity contribution in [3.05, 3.63) is 66.2 Å². The molecule has 0 radical (unpaired) electrons. The molecule has 0 saturated heterocycles. The monoisotopic (exact) mass is 482 g/mol. The van der Waals surface area contributed by atoms with Crippen LogP contribution in [0.1, 0.15) is 25.7 Å². The molecule has 0 atom stereocenters. The maximum Gasteiger partial charge on any atom is 0.244 e. The van der Waals surface area contributed by atoms with E-state index in [2.05, 4.69) is 10.3 Å². The van der Waals surface area contributed by atoms with Gasteiger partial charge in [-0.25, -0.2) is 4.98 Å². The molecule has 8 nitrogen and oxygen atoms in total. The largest absolute Gasteiger partial charge is 0.490 e. The summed E-state index contributed by atoms with van der Waals surface area (Å²) in [6.07, 6.45) is 8.49. The second kappa shape index (κ2) is 11.6. The number of fused-ring (bicyclic) bond motifs is 2. The number of carbonyl (C=O) groups excluding carboxylic acids is 2. The van der Waals surface area contributed by atoms with Gasteiger partial charge in [0.1, 0.15) is 6.54 Å². The van der Waals surface area contributed by atoms with Gasteiger partial charge >= 0.3 is 0 Å². The van der Waals surface area contributed by atoms with E-state index in [1.165, 1.54) is 0 Å². The van der Waals surface area contributed by atoms with Crippen LogP contribution in [0.15, 0.2) is 61.2 Å². The van der Waals surface area contributed by atoms with Crippen molar-refractivity contribution in [3.8, 4) is 17.2 Å². The van der Waals surface area contributed by atoms with Gasteiger partial charge in [-0.05, 0) is 43.2 Å². The average Bonchev–Trinajstić information content (AvgIpc) is 3.32. The normalized spacial score (nSPS) is 15.3. The number of imidazole rings is 1. The molecular weight excluding hydrogens is 456 g/mol. The fourth-order valence-electron chi connectivity index (χ4n) is 3.69. The van der Waals surface area contributed by atoms with E-state index in [1.807, 2.05) is 24.3 Å². The predicted molar refractivity (Wildman–Crippen MR) is 129 cm³/mol. The molecule has 0 saturated carbocycles. The number of hydrogen-bond donors (Lipinski definition) is 1. The van der Waals surface area contributed by atoms with Crippen molar-refractivity contribution >= 4 is 29.1 Å². The molecule has 0 aliphatic carbocycles. The highest BCUT2D eigenvalue weighted by atomic mass is 35.5. The first-order valence-electron chi connectivity index (χ1n) is 11.3. The van der Waals surface area contributed by atoms with E-state index in [0.29, 0.717) is 41.1 Å². The van der Waals surface area contributed by atoms with E-state index in [0.717, 1.165) is 25.7 Å². The molecule has 0 bridgehead atoms. The van der Waals surface area contributed by atoms with Crippen molar-refractivity contribution in [2.45, 2.75) is 32.2 Å². The Kier molecular flexibility index (Phi) is 8.04. The molecule has 178 valence electrons. The number of para-hydroxylation sites is 2. The van der Waals surface area contributed by atoms with Gasteiger partial charge in [0.05, 0.1) is 25.2 Å². The lowest BCUT2D eigenvalue weighted by molar-refractivity contribution is -0.135. The molecule has 0 unspecified atom stereocenters. The lowest BCUT2D eigenvalue weighted by atomic mass is 10.2. The topological polar surface area (TPSA) is 85.7 Å². The van der Waals surface area contributed by atoms with Crippen LogP contribution in [-0.2, 0) is 16.1 Å². The molecule has 34 heavy (non-hydrogen) atoms. The Morgan fingerprint density at radius 3 is 2.71 bits per heavy atom. The van der Waals surface area contributed by atoms with Crippen molar-refractivity contribution < 1.29 is 19.1 Å². The van der Waals surface area contributed by atoms with Crippen LogP contribution in [0.3, 0.4) is 0 Å². The Morgan fingerprint density at radius 2 is 1.88 bits per heavy atom. The Hall–Kier alpha value is -3.52. The van der Waals surface area contributed by atoms with Crippen LogP contribution >= 0.6 is 11.6 Å². The lowest BCUT2D eigenvalue weighted by Gasteiger charge is -2.23. The third-order valence-electron chi connectivity index (χ3n) is 5.43. The number of ether oxygens (including phenoxy) is 2. The fraction of sp³-hybridized carbons (Fsp3) is 0.320. The SMILES string of the molecule is O=C1CN(C(=O)Cn2ccnc2)CCCCCCOc2ccccc2Oc2ccc(Cl)cc2N1. The van der Waals surface area contributed by atoms with Crippen LogP contribution in [0.25, 0.3) is 0 Å². The molecule has 3 aromatic rings. The maximum atomic E-state index is 13.0. The number of amides is 2. The summed E-state index contributed by atoms with van der Waals surface area (Å²) in [6, 6.07) is 12.4. The minimum Gasteiger partial charge on any atom is -0.490 e. The zero-order valence-electron chi connectivity index (χ0n) is 18.8. The maximum absolute atomic E-state index is 13.0. The van der Waals surface area contributed by atoms with Crippen molar-refractivity contribution in [3.63, 3.8) is 0 Å². The summed E-state index contributed by atoms with van der Waals surface area (Å²) >= 11 is 6.19. The van der Waals surface area contributed by atoms with E-state index in [4.69, 9.17) is 21.1 Å². The molecule has 2 heterocycles. The van der Waals surface area contributed by atoms with Gasteiger partial charge in [-0.2, -0.15) is 0 Å². The van der Waals surface area contributed by atoms with Crippen LogP contribution in [0.2, 0.25) is 5.02 Å². The summed E-state index contributed by atoms with van der Waals surface area (Å²) in [5.74, 6) is 1.14. The van der Waals surface area contributed by atoms with Crippen molar-refractivity contribution in [2.24, 2.45) is 0 Å². The van der Waals surface area contributed by atoms with E-state index in [-0.39, 0.29) is 24.9 Å². The number of nitrogens with one attached hydrogen (secondary N) is 1. The second-order valence-corrected chi connectivity index (χ2v) is 8.49. The summed E-state index contributed by atoms with van der Waals surface area (Å²) in [5.41, 5.74) is 0.418. The second-order valence-electron chi connectivity index (χ2n) is 8.05. The van der Waals surface area contributed by atoms with Gasteiger partial charge < -0.3 is 24.3 Å². The van der Waals surface area contributed by atoms with Gasteiger partial charge in [-0.1, -0.05) is 36.6 Å². The zero-order chi connectivity index (χ0) is 23.8. The molecule has 1 aliphatic heterocycles. The summed E-state index contributed by atoms with van der Waals surface area (Å²) in [5, 5.41) is 3.31. The van der Waals surface area contributed by atoms with Crippen molar-refractivity contribution in [1.29, 1.82) is 0 Å². The van der Waals surface area contributed by atoms with Crippen LogP contribution in [0.4, 0.5) is 5.69 Å². The van der Waals surface area contributed by atoms with Gasteiger partial charge in [0.15, 0.2) is 17.2 Å². The fourth-order valence-corrected chi connectivity index (χ4v) is 3.87. The number of halogens is 1. The first-order chi connectivity index (χ1) is 16.6. The summed E-state index contributed by atoms with van der Waals surface area (Å²) < 4.78 is 13.7. The van der Waals surface area contributed by atoms with Gasteiger partial charge in [0, 0.05) is 24.0 Å². The molecule has 4 rings (SSSR count). The molecule has 0 spiro atoms. The molecule has 0 fully saturated rings. The molecule has 2 amide bonds. The summed E-state index contributed by atoms with van der Waals surface area (Å²) in [4.78, 5) is 31.4. The van der Waals surface area contributed by atoms with Crippen LogP contribution in [0.5, 0.6) is 17.2 Å². The molecule has 9 heteroatoms. The first kappa shape index (κ1) is 23.6. The average molecular weight is 483 g/mol. The Balaban J connectivity index is 1.56. The van der Waals surface area contributed by atoms with E-state index >= 15 is 0 Å². The number of rotatable bonds is 2. The third-order valence-corrected chi connectivity index (χ3v) is 5.66. The highest BCUT2D eigenvalue weighted by Gasteiger charge is 2.19. The van der Waals surface area contributed by atoms with Crippen molar-refractivity contribution in [2.75, 3.05) is 25.0 Å². The quantitative estimate of drug-likeness (QED) is 0.569. The predicted octanol–water partition coefficient (Wildman–Crippen LogP) is 4.75. The first-order valence-corrected chi connectivity index (χ1v) is 11.7. The summed E-state index contributed by atoms with van der Waals surface area (Å²) in [7, 11) is 0. The number of anilines is 1. The number of hydrogen-bond acceptors (Lipinski definition) is 5. The Labute approximate surface area is 203 Å². The number of aromatic nitrogens is 2. The Morgan fingerprint density at radius 1 is 1.06 bits per heavy atom. The lowest BCUT2D eigenvalue weighted by Crippen LogP contribution is -2.40. The smallest absolute Gasteiger partial charge is 0.244 e. The molecule has 2 aromatic carbocycles. The molecule has 1 aliphatic rings. The van der Waals surface area contributed by atoms with Crippen LogP contribution in [-0.4, -0.2) is 46.0 Å². The Bertz CT molecular complexity index is 1120. The number of carbonyl (C=O) groups is 2. The van der Waals surface area contributed by atoms with Crippen molar-refractivity contribution in [1.82, 2.24) is 14.5 Å². The summed E-state index contributed by atoms with van der Waals surface area (Å²) in [6.45, 7) is 1.11. The van der Waals surface area contributed by atoms with E-state index < -0.39 is 0 Å². The van der Waals surface area contributed by atoms with Gasteiger partial charge in [-0.15, -0.1) is 0 Å². The highest BCUT2D eigenvalue weighted by Crippen LogP contribution is 2.36. The molecule has 1 N–H and O–H groups in total. The minimum atomic E-state index is -0.331. The van der Waals surface area contributed by atoms with Gasteiger partial charge in [0.2, 0.25) is 11.8 Å².